The lowest BCUT2D eigenvalue weighted by Crippen LogP contribution is -2.11. The highest BCUT2D eigenvalue weighted by Crippen LogP contribution is 2.43. The van der Waals surface area contributed by atoms with Crippen LogP contribution in [0.15, 0.2) is 34.9 Å². The maximum atomic E-state index is 12.1. The first-order chi connectivity index (χ1) is 11.4. The molecule has 134 valence electrons. The molecule has 3 nitrogen and oxygen atoms in total. The van der Waals surface area contributed by atoms with Crippen molar-refractivity contribution in [2.75, 3.05) is 7.11 Å². The van der Waals surface area contributed by atoms with E-state index in [0.717, 1.165) is 37.7 Å². The van der Waals surface area contributed by atoms with Crippen LogP contribution in [0.3, 0.4) is 0 Å². The quantitative estimate of drug-likeness (QED) is 0.400. The van der Waals surface area contributed by atoms with Crippen molar-refractivity contribution in [3.05, 3.63) is 34.9 Å². The average molecular weight is 332 g/mol. The van der Waals surface area contributed by atoms with Crippen LogP contribution in [0.2, 0.25) is 0 Å². The summed E-state index contributed by atoms with van der Waals surface area (Å²) in [6.45, 7) is 8.82. The van der Waals surface area contributed by atoms with Gasteiger partial charge < -0.3 is 9.47 Å². The molecule has 24 heavy (non-hydrogen) atoms. The molecule has 1 heterocycles. The molecule has 2 aliphatic rings. The standard InChI is InChI=1S/C21H32O3/c1-15(2)17-9-8-16(3)7-6-14-21(4)19(24-21)13-12-18(11-10-17)20(22)23-5/h7,10-11,15,19H,6,8-9,12-14H2,1-5H3/b16-7-,17-10+,18-11-/t19-,21+/m0/s1. The van der Waals surface area contributed by atoms with Crippen molar-refractivity contribution < 1.29 is 14.3 Å². The van der Waals surface area contributed by atoms with Crippen molar-refractivity contribution >= 4 is 5.97 Å². The molecule has 1 aliphatic heterocycles. The third-order valence-corrected chi connectivity index (χ3v) is 5.34. The fourth-order valence-corrected chi connectivity index (χ4v) is 3.37. The lowest BCUT2D eigenvalue weighted by atomic mass is 9.92. The van der Waals surface area contributed by atoms with Gasteiger partial charge in [-0.1, -0.05) is 43.2 Å². The third-order valence-electron chi connectivity index (χ3n) is 5.34. The predicted molar refractivity (Wildman–Crippen MR) is 97.8 cm³/mol. The molecule has 0 aromatic rings. The minimum atomic E-state index is -0.222. The van der Waals surface area contributed by atoms with Crippen LogP contribution in [0.25, 0.3) is 0 Å². The number of fused-ring (bicyclic) bond motifs is 1. The molecule has 0 spiro atoms. The normalized spacial score (nSPS) is 35.4. The highest BCUT2D eigenvalue weighted by molar-refractivity contribution is 5.88. The van der Waals surface area contributed by atoms with Crippen molar-refractivity contribution in [3.63, 3.8) is 0 Å². The zero-order valence-corrected chi connectivity index (χ0v) is 15.9. The Balaban J connectivity index is 2.23. The molecule has 1 saturated heterocycles. The van der Waals surface area contributed by atoms with Crippen LogP contribution in [0.4, 0.5) is 0 Å². The molecule has 1 fully saturated rings. The van der Waals surface area contributed by atoms with Crippen LogP contribution in [-0.4, -0.2) is 24.8 Å². The van der Waals surface area contributed by atoms with E-state index in [1.807, 2.05) is 6.08 Å². The highest BCUT2D eigenvalue weighted by Gasteiger charge is 2.50. The second-order valence-corrected chi connectivity index (χ2v) is 7.63. The van der Waals surface area contributed by atoms with Gasteiger partial charge in [0.25, 0.3) is 0 Å². The average Bonchev–Trinajstić information content (AvgIpc) is 3.18. The highest BCUT2D eigenvalue weighted by atomic mass is 16.6. The van der Waals surface area contributed by atoms with Gasteiger partial charge in [0, 0.05) is 5.57 Å². The molecule has 3 heteroatoms. The summed E-state index contributed by atoms with van der Waals surface area (Å²) in [5.41, 5.74) is 3.56. The first-order valence-electron chi connectivity index (χ1n) is 9.17. The summed E-state index contributed by atoms with van der Waals surface area (Å²) in [7, 11) is 1.45. The Morgan fingerprint density at radius 1 is 1.29 bits per heavy atom. The number of hydrogen-bond donors (Lipinski definition) is 0. The minimum absolute atomic E-state index is 0.0128. The van der Waals surface area contributed by atoms with E-state index in [2.05, 4.69) is 39.8 Å². The Labute approximate surface area is 146 Å². The van der Waals surface area contributed by atoms with Crippen molar-refractivity contribution in [2.45, 2.75) is 77.9 Å². The van der Waals surface area contributed by atoms with Crippen molar-refractivity contribution in [3.8, 4) is 0 Å². The van der Waals surface area contributed by atoms with Crippen LogP contribution in [-0.2, 0) is 14.3 Å². The van der Waals surface area contributed by atoms with Gasteiger partial charge in [-0.3, -0.25) is 0 Å². The van der Waals surface area contributed by atoms with E-state index in [0.29, 0.717) is 12.3 Å². The molecule has 0 saturated carbocycles. The molecule has 0 aromatic carbocycles. The predicted octanol–water partition coefficient (Wildman–Crippen LogP) is 5.13. The molecule has 1 aliphatic carbocycles. The van der Waals surface area contributed by atoms with Gasteiger partial charge in [0.05, 0.1) is 18.8 Å². The van der Waals surface area contributed by atoms with E-state index in [1.165, 1.54) is 18.3 Å². The first-order valence-corrected chi connectivity index (χ1v) is 9.17. The molecular formula is C21H32O3. The Bertz CT molecular complexity index is 553. The number of ether oxygens (including phenoxy) is 2. The second kappa shape index (κ2) is 8.15. The van der Waals surface area contributed by atoms with E-state index in [4.69, 9.17) is 9.47 Å². The molecule has 0 unspecified atom stereocenters. The second-order valence-electron chi connectivity index (χ2n) is 7.63. The zero-order chi connectivity index (χ0) is 17.7. The van der Waals surface area contributed by atoms with Crippen LogP contribution < -0.4 is 0 Å². The lowest BCUT2D eigenvalue weighted by molar-refractivity contribution is -0.136. The van der Waals surface area contributed by atoms with Gasteiger partial charge in [-0.05, 0) is 58.3 Å². The van der Waals surface area contributed by atoms with Crippen molar-refractivity contribution in [1.82, 2.24) is 0 Å². The molecule has 0 radical (unpaired) electrons. The Morgan fingerprint density at radius 3 is 2.71 bits per heavy atom. The van der Waals surface area contributed by atoms with Crippen molar-refractivity contribution in [1.29, 1.82) is 0 Å². The Morgan fingerprint density at radius 2 is 2.04 bits per heavy atom. The van der Waals surface area contributed by atoms with Gasteiger partial charge in [-0.15, -0.1) is 0 Å². The lowest BCUT2D eigenvalue weighted by Gasteiger charge is -2.13. The molecule has 0 bridgehead atoms. The van der Waals surface area contributed by atoms with Crippen LogP contribution in [0.1, 0.15) is 66.2 Å². The monoisotopic (exact) mass is 332 g/mol. The molecule has 2 atom stereocenters. The van der Waals surface area contributed by atoms with Crippen molar-refractivity contribution in [2.24, 2.45) is 5.92 Å². The minimum Gasteiger partial charge on any atom is -0.466 e. The van der Waals surface area contributed by atoms with Gasteiger partial charge in [0.15, 0.2) is 0 Å². The van der Waals surface area contributed by atoms with Gasteiger partial charge in [0.1, 0.15) is 0 Å². The number of methoxy groups -OCH3 is 1. The Kier molecular flexibility index (Phi) is 6.45. The zero-order valence-electron chi connectivity index (χ0n) is 15.9. The maximum Gasteiger partial charge on any atom is 0.333 e. The SMILES string of the molecule is COC(=O)/C1=C\C=C(\C(C)C)CC/C(C)=C\CC[C@@]2(C)O[C@H]2CC1. The topological polar surface area (TPSA) is 38.8 Å². The smallest absolute Gasteiger partial charge is 0.333 e. The number of epoxide rings is 1. The molecule has 0 amide bonds. The van der Waals surface area contributed by atoms with E-state index >= 15 is 0 Å². The van der Waals surface area contributed by atoms with Crippen LogP contribution in [0.5, 0.6) is 0 Å². The van der Waals surface area contributed by atoms with Crippen LogP contribution >= 0.6 is 0 Å². The Hall–Kier alpha value is -1.35. The van der Waals surface area contributed by atoms with Gasteiger partial charge in [-0.25, -0.2) is 4.79 Å². The largest absolute Gasteiger partial charge is 0.466 e. The summed E-state index contributed by atoms with van der Waals surface area (Å²) in [4.78, 5) is 12.1. The molecular weight excluding hydrogens is 300 g/mol. The molecule has 2 rings (SSSR count). The molecule has 0 aromatic heterocycles. The number of allylic oxidation sites excluding steroid dienone is 5. The van der Waals surface area contributed by atoms with E-state index < -0.39 is 0 Å². The van der Waals surface area contributed by atoms with Gasteiger partial charge in [0.2, 0.25) is 0 Å². The number of rotatable bonds is 2. The first kappa shape index (κ1) is 19.0. The summed E-state index contributed by atoms with van der Waals surface area (Å²) in [6.07, 6.45) is 12.6. The van der Waals surface area contributed by atoms with Gasteiger partial charge >= 0.3 is 5.97 Å². The number of hydrogen-bond acceptors (Lipinski definition) is 3. The summed E-state index contributed by atoms with van der Waals surface area (Å²) in [5, 5.41) is 0. The third kappa shape index (κ3) is 5.07. The van der Waals surface area contributed by atoms with E-state index in [1.54, 1.807) is 0 Å². The maximum absolute atomic E-state index is 12.1. The van der Waals surface area contributed by atoms with E-state index in [9.17, 15) is 4.79 Å². The van der Waals surface area contributed by atoms with Crippen LogP contribution in [0, 0.1) is 5.92 Å². The fourth-order valence-electron chi connectivity index (χ4n) is 3.37. The number of carbonyl (C=O) groups is 1. The summed E-state index contributed by atoms with van der Waals surface area (Å²) >= 11 is 0. The molecule has 0 N–H and O–H groups in total. The summed E-state index contributed by atoms with van der Waals surface area (Å²) in [6, 6.07) is 0. The number of esters is 1. The summed E-state index contributed by atoms with van der Waals surface area (Å²) in [5.74, 6) is 0.260. The number of carbonyl (C=O) groups excluding carboxylic acids is 1. The van der Waals surface area contributed by atoms with Gasteiger partial charge in [-0.2, -0.15) is 0 Å². The van der Waals surface area contributed by atoms with E-state index in [-0.39, 0.29) is 17.7 Å². The fraction of sp³-hybridized carbons (Fsp3) is 0.667. The summed E-state index contributed by atoms with van der Waals surface area (Å²) < 4.78 is 10.9.